The number of aliphatic hydroxyl groups is 2. The molecule has 0 aromatic heterocycles. The van der Waals surface area contributed by atoms with Crippen LogP contribution >= 0.6 is 0 Å². The number of Topliss-reactive ketones (excluding diaryl/α,β-unsaturated/α-hetero) is 1. The number of rotatable bonds is 4. The van der Waals surface area contributed by atoms with Gasteiger partial charge in [0.25, 0.3) is 0 Å². The second kappa shape index (κ2) is 7.69. The molecule has 4 aliphatic carbocycles. The van der Waals surface area contributed by atoms with Crippen LogP contribution < -0.4 is 0 Å². The Balaban J connectivity index is 1.59. The topological polar surface area (TPSA) is 110 Å². The van der Waals surface area contributed by atoms with Gasteiger partial charge in [-0.25, -0.2) is 4.79 Å². The van der Waals surface area contributed by atoms with E-state index in [-0.39, 0.29) is 35.6 Å². The zero-order valence-electron chi connectivity index (χ0n) is 18.7. The molecule has 0 spiro atoms. The summed E-state index contributed by atoms with van der Waals surface area (Å²) >= 11 is 0. The molecular formula is C24H34O7. The lowest BCUT2D eigenvalue weighted by Crippen LogP contribution is -2.62. The third-order valence-electron chi connectivity index (χ3n) is 9.09. The standard InChI is InChI=1S/C24H34O7/c1-4-30-21(28)31-13-19(27)24(29)10-8-17-16-6-5-14-11-15(25)7-9-22(14,2)20(16)18(26)12-23(17,24)3/h11,16-18,20,26,29H,4-10,12-13H2,1-3H3/t16-,17-,18-,20+,22+,23+,24-/m1/s1. The van der Waals surface area contributed by atoms with Gasteiger partial charge in [-0.1, -0.05) is 19.4 Å². The van der Waals surface area contributed by atoms with Gasteiger partial charge in [0.15, 0.2) is 12.4 Å². The van der Waals surface area contributed by atoms with Gasteiger partial charge >= 0.3 is 6.16 Å². The Labute approximate surface area is 183 Å². The summed E-state index contributed by atoms with van der Waals surface area (Å²) in [6.07, 6.45) is 4.43. The molecule has 7 nitrogen and oxygen atoms in total. The Bertz CT molecular complexity index is 819. The number of hydrogen-bond acceptors (Lipinski definition) is 7. The average molecular weight is 435 g/mol. The number of aliphatic hydroxyl groups excluding tert-OH is 1. The molecule has 7 heteroatoms. The van der Waals surface area contributed by atoms with E-state index in [0.717, 1.165) is 24.8 Å². The van der Waals surface area contributed by atoms with Crippen LogP contribution in [0.3, 0.4) is 0 Å². The molecule has 3 saturated carbocycles. The van der Waals surface area contributed by atoms with Gasteiger partial charge in [0, 0.05) is 11.8 Å². The fourth-order valence-corrected chi connectivity index (χ4v) is 7.55. The van der Waals surface area contributed by atoms with Gasteiger partial charge in [0.05, 0.1) is 12.7 Å². The molecule has 0 aromatic carbocycles. The zero-order chi connectivity index (χ0) is 22.6. The van der Waals surface area contributed by atoms with Gasteiger partial charge in [-0.2, -0.15) is 0 Å². The van der Waals surface area contributed by atoms with Crippen molar-refractivity contribution in [2.24, 2.45) is 28.6 Å². The highest BCUT2D eigenvalue weighted by atomic mass is 16.7. The van der Waals surface area contributed by atoms with Gasteiger partial charge < -0.3 is 19.7 Å². The molecule has 31 heavy (non-hydrogen) atoms. The zero-order valence-corrected chi connectivity index (χ0v) is 18.7. The molecule has 4 aliphatic rings. The number of ether oxygens (including phenoxy) is 2. The Hall–Kier alpha value is -1.73. The first kappa shape index (κ1) is 22.5. The highest BCUT2D eigenvalue weighted by Gasteiger charge is 2.68. The van der Waals surface area contributed by atoms with E-state index in [1.165, 1.54) is 0 Å². The Morgan fingerprint density at radius 2 is 1.90 bits per heavy atom. The summed E-state index contributed by atoms with van der Waals surface area (Å²) in [6.45, 7) is 5.34. The SMILES string of the molecule is CCOC(=O)OCC(=O)[C@]1(O)CC[C@@H]2[C@H]3CCC4=CC(=O)CC[C@]4(C)[C@@H]3[C@H](O)C[C@@]21C. The highest BCUT2D eigenvalue weighted by molar-refractivity contribution is 5.92. The number of carbonyl (C=O) groups excluding carboxylic acids is 3. The summed E-state index contributed by atoms with van der Waals surface area (Å²) < 4.78 is 9.62. The third kappa shape index (κ3) is 3.27. The van der Waals surface area contributed by atoms with Gasteiger partial charge in [-0.15, -0.1) is 0 Å². The van der Waals surface area contributed by atoms with Crippen molar-refractivity contribution in [1.29, 1.82) is 0 Å². The van der Waals surface area contributed by atoms with Crippen molar-refractivity contribution < 1.29 is 34.1 Å². The smallest absolute Gasteiger partial charge is 0.435 e. The van der Waals surface area contributed by atoms with E-state index >= 15 is 0 Å². The van der Waals surface area contributed by atoms with Gasteiger partial charge in [-0.3, -0.25) is 9.59 Å². The number of ketones is 2. The van der Waals surface area contributed by atoms with Crippen molar-refractivity contribution in [2.75, 3.05) is 13.2 Å². The van der Waals surface area contributed by atoms with Crippen LogP contribution in [0, 0.1) is 28.6 Å². The van der Waals surface area contributed by atoms with Crippen molar-refractivity contribution in [3.63, 3.8) is 0 Å². The fourth-order valence-electron chi connectivity index (χ4n) is 7.55. The van der Waals surface area contributed by atoms with Crippen molar-refractivity contribution >= 4 is 17.7 Å². The van der Waals surface area contributed by atoms with E-state index in [1.54, 1.807) is 13.0 Å². The maximum absolute atomic E-state index is 13.0. The third-order valence-corrected chi connectivity index (χ3v) is 9.09. The van der Waals surface area contributed by atoms with Crippen LogP contribution in [0.1, 0.15) is 65.7 Å². The molecule has 4 rings (SSSR count). The maximum Gasteiger partial charge on any atom is 0.508 e. The Morgan fingerprint density at radius 1 is 1.16 bits per heavy atom. The predicted molar refractivity (Wildman–Crippen MR) is 111 cm³/mol. The summed E-state index contributed by atoms with van der Waals surface area (Å²) in [5.74, 6) is -0.0668. The predicted octanol–water partition coefficient (Wildman–Crippen LogP) is 2.96. The molecule has 172 valence electrons. The van der Waals surface area contributed by atoms with Crippen LogP contribution in [-0.2, 0) is 19.1 Å². The normalized spacial score (nSPS) is 43.9. The second-order valence-electron chi connectivity index (χ2n) is 10.4. The molecule has 0 heterocycles. The van der Waals surface area contributed by atoms with Crippen LogP contribution in [0.5, 0.6) is 0 Å². The molecule has 0 bridgehead atoms. The minimum atomic E-state index is -1.64. The Kier molecular flexibility index (Phi) is 5.58. The summed E-state index contributed by atoms with van der Waals surface area (Å²) in [5.41, 5.74) is -1.49. The molecule has 2 N–H and O–H groups in total. The number of fused-ring (bicyclic) bond motifs is 5. The fraction of sp³-hybridized carbons (Fsp3) is 0.792. The molecule has 0 saturated heterocycles. The number of hydrogen-bond donors (Lipinski definition) is 2. The van der Waals surface area contributed by atoms with Crippen LogP contribution in [0.15, 0.2) is 11.6 Å². The molecule has 0 aromatic rings. The highest BCUT2D eigenvalue weighted by Crippen LogP contribution is 2.67. The van der Waals surface area contributed by atoms with Crippen LogP contribution in [0.2, 0.25) is 0 Å². The molecule has 3 fully saturated rings. The van der Waals surface area contributed by atoms with E-state index in [1.807, 2.05) is 6.92 Å². The first-order valence-electron chi connectivity index (χ1n) is 11.5. The second-order valence-corrected chi connectivity index (χ2v) is 10.4. The van der Waals surface area contributed by atoms with Crippen LogP contribution in [0.4, 0.5) is 4.79 Å². The van der Waals surface area contributed by atoms with E-state index < -0.39 is 35.7 Å². The average Bonchev–Trinajstić information content (AvgIpc) is 2.98. The molecule has 0 amide bonds. The van der Waals surface area contributed by atoms with E-state index in [2.05, 4.69) is 6.92 Å². The van der Waals surface area contributed by atoms with Crippen LogP contribution in [0.25, 0.3) is 0 Å². The lowest BCUT2D eigenvalue weighted by molar-refractivity contribution is -0.182. The summed E-state index contributed by atoms with van der Waals surface area (Å²) in [5, 5.41) is 22.9. The van der Waals surface area contributed by atoms with Gasteiger partial charge in [0.1, 0.15) is 5.60 Å². The first-order chi connectivity index (χ1) is 14.6. The first-order valence-corrected chi connectivity index (χ1v) is 11.5. The van der Waals surface area contributed by atoms with Crippen molar-refractivity contribution in [2.45, 2.75) is 77.4 Å². The monoisotopic (exact) mass is 434 g/mol. The van der Waals surface area contributed by atoms with Crippen LogP contribution in [-0.4, -0.2) is 52.9 Å². The summed E-state index contributed by atoms with van der Waals surface area (Å²) in [4.78, 5) is 36.5. The lowest BCUT2D eigenvalue weighted by atomic mass is 9.45. The maximum atomic E-state index is 13.0. The minimum absolute atomic E-state index is 0.0203. The molecule has 0 aliphatic heterocycles. The number of carbonyl (C=O) groups is 3. The minimum Gasteiger partial charge on any atom is -0.435 e. The lowest BCUT2D eigenvalue weighted by Gasteiger charge is -2.60. The summed E-state index contributed by atoms with van der Waals surface area (Å²) in [6, 6.07) is 0. The van der Waals surface area contributed by atoms with Gasteiger partial charge in [0.2, 0.25) is 5.78 Å². The molecule has 0 radical (unpaired) electrons. The Morgan fingerprint density at radius 3 is 2.61 bits per heavy atom. The molecule has 7 atom stereocenters. The van der Waals surface area contributed by atoms with E-state index in [0.29, 0.717) is 25.7 Å². The number of allylic oxidation sites excluding steroid dienone is 1. The molecule has 0 unspecified atom stereocenters. The molecular weight excluding hydrogens is 400 g/mol. The van der Waals surface area contributed by atoms with Gasteiger partial charge in [-0.05, 0) is 74.7 Å². The quantitative estimate of drug-likeness (QED) is 0.655. The summed E-state index contributed by atoms with van der Waals surface area (Å²) in [7, 11) is 0. The van der Waals surface area contributed by atoms with E-state index in [9.17, 15) is 24.6 Å². The van der Waals surface area contributed by atoms with Crippen molar-refractivity contribution in [3.8, 4) is 0 Å². The van der Waals surface area contributed by atoms with Crippen molar-refractivity contribution in [3.05, 3.63) is 11.6 Å². The van der Waals surface area contributed by atoms with E-state index in [4.69, 9.17) is 9.47 Å². The largest absolute Gasteiger partial charge is 0.508 e. The van der Waals surface area contributed by atoms with Crippen molar-refractivity contribution in [1.82, 2.24) is 0 Å².